The van der Waals surface area contributed by atoms with E-state index in [0.717, 1.165) is 12.5 Å². The minimum atomic E-state index is 0.579. The molecule has 0 spiro atoms. The zero-order chi connectivity index (χ0) is 6.85. The van der Waals surface area contributed by atoms with E-state index in [1.54, 1.807) is 0 Å². The van der Waals surface area contributed by atoms with Gasteiger partial charge in [-0.2, -0.15) is 0 Å². The van der Waals surface area contributed by atoms with Gasteiger partial charge in [0, 0.05) is 18.6 Å². The molecule has 0 saturated carbocycles. The van der Waals surface area contributed by atoms with Gasteiger partial charge in [0.15, 0.2) is 0 Å². The summed E-state index contributed by atoms with van der Waals surface area (Å²) in [5.41, 5.74) is 5.50. The standard InChI is InChI=1S/C7H16N2/c1-5-3-7(4-8)9-6(5)2/h5-7,9H,3-4,8H2,1-2H3. The maximum atomic E-state index is 5.50. The second-order valence-electron chi connectivity index (χ2n) is 3.10. The topological polar surface area (TPSA) is 38.0 Å². The van der Waals surface area contributed by atoms with E-state index in [2.05, 4.69) is 19.2 Å². The van der Waals surface area contributed by atoms with E-state index in [4.69, 9.17) is 5.73 Å². The van der Waals surface area contributed by atoms with Crippen LogP contribution in [0.15, 0.2) is 0 Å². The highest BCUT2D eigenvalue weighted by Gasteiger charge is 2.25. The number of nitrogens with two attached hydrogens (primary N) is 1. The summed E-state index contributed by atoms with van der Waals surface area (Å²) in [6.45, 7) is 5.28. The smallest absolute Gasteiger partial charge is 0.0195 e. The van der Waals surface area contributed by atoms with Crippen molar-refractivity contribution in [3.63, 3.8) is 0 Å². The minimum absolute atomic E-state index is 0.579. The van der Waals surface area contributed by atoms with E-state index in [9.17, 15) is 0 Å². The van der Waals surface area contributed by atoms with Crippen LogP contribution in [0.5, 0.6) is 0 Å². The molecule has 54 valence electrons. The van der Waals surface area contributed by atoms with E-state index in [1.807, 2.05) is 0 Å². The summed E-state index contributed by atoms with van der Waals surface area (Å²) >= 11 is 0. The lowest BCUT2D eigenvalue weighted by Gasteiger charge is -2.07. The predicted molar refractivity (Wildman–Crippen MR) is 39.2 cm³/mol. The average Bonchev–Trinajstić information content (AvgIpc) is 2.13. The van der Waals surface area contributed by atoms with Crippen LogP contribution in [0.25, 0.3) is 0 Å². The number of nitrogens with one attached hydrogen (secondary N) is 1. The van der Waals surface area contributed by atoms with Gasteiger partial charge in [-0.05, 0) is 19.3 Å². The van der Waals surface area contributed by atoms with E-state index >= 15 is 0 Å². The lowest BCUT2D eigenvalue weighted by atomic mass is 10.0. The third kappa shape index (κ3) is 1.43. The highest BCUT2D eigenvalue weighted by molar-refractivity contribution is 4.85. The third-order valence-electron chi connectivity index (χ3n) is 2.29. The molecule has 9 heavy (non-hydrogen) atoms. The quantitative estimate of drug-likeness (QED) is 0.534. The molecule has 1 rings (SSSR count). The molecular formula is C7H16N2. The Morgan fingerprint density at radius 1 is 1.56 bits per heavy atom. The van der Waals surface area contributed by atoms with Crippen LogP contribution in [-0.4, -0.2) is 18.6 Å². The van der Waals surface area contributed by atoms with Gasteiger partial charge >= 0.3 is 0 Å². The van der Waals surface area contributed by atoms with Gasteiger partial charge in [0.25, 0.3) is 0 Å². The summed E-state index contributed by atoms with van der Waals surface area (Å²) in [6, 6.07) is 1.24. The lowest BCUT2D eigenvalue weighted by molar-refractivity contribution is 0.517. The van der Waals surface area contributed by atoms with Crippen molar-refractivity contribution in [1.29, 1.82) is 0 Å². The third-order valence-corrected chi connectivity index (χ3v) is 2.29. The minimum Gasteiger partial charge on any atom is -0.329 e. The molecule has 0 amide bonds. The SMILES string of the molecule is CC1CC(CN)NC1C. The zero-order valence-corrected chi connectivity index (χ0v) is 6.22. The molecule has 0 aromatic carbocycles. The van der Waals surface area contributed by atoms with Crippen LogP contribution in [0.2, 0.25) is 0 Å². The van der Waals surface area contributed by atoms with Crippen LogP contribution in [0.3, 0.4) is 0 Å². The van der Waals surface area contributed by atoms with Crippen LogP contribution >= 0.6 is 0 Å². The molecule has 1 aliphatic heterocycles. The van der Waals surface area contributed by atoms with Gasteiger partial charge in [-0.1, -0.05) is 6.92 Å². The van der Waals surface area contributed by atoms with Crippen LogP contribution in [0.4, 0.5) is 0 Å². The normalized spacial score (nSPS) is 43.7. The molecule has 0 aliphatic carbocycles. The fraction of sp³-hybridized carbons (Fsp3) is 1.00. The molecule has 3 unspecified atom stereocenters. The Morgan fingerprint density at radius 3 is 2.44 bits per heavy atom. The van der Waals surface area contributed by atoms with Gasteiger partial charge < -0.3 is 11.1 Å². The molecule has 0 bridgehead atoms. The summed E-state index contributed by atoms with van der Waals surface area (Å²) in [7, 11) is 0. The first kappa shape index (κ1) is 7.03. The van der Waals surface area contributed by atoms with Gasteiger partial charge in [-0.3, -0.25) is 0 Å². The fourth-order valence-corrected chi connectivity index (χ4v) is 1.42. The van der Waals surface area contributed by atoms with Crippen molar-refractivity contribution < 1.29 is 0 Å². The van der Waals surface area contributed by atoms with Gasteiger partial charge in [0.05, 0.1) is 0 Å². The van der Waals surface area contributed by atoms with Crippen molar-refractivity contribution >= 4 is 0 Å². The summed E-state index contributed by atoms with van der Waals surface area (Å²) < 4.78 is 0. The van der Waals surface area contributed by atoms with E-state index in [-0.39, 0.29) is 0 Å². The summed E-state index contributed by atoms with van der Waals surface area (Å²) in [4.78, 5) is 0. The number of hydrogen-bond acceptors (Lipinski definition) is 2. The van der Waals surface area contributed by atoms with Gasteiger partial charge in [0.2, 0.25) is 0 Å². The maximum absolute atomic E-state index is 5.50. The van der Waals surface area contributed by atoms with Gasteiger partial charge in [-0.25, -0.2) is 0 Å². The Labute approximate surface area is 56.8 Å². The largest absolute Gasteiger partial charge is 0.329 e. The van der Waals surface area contributed by atoms with Crippen molar-refractivity contribution in [3.8, 4) is 0 Å². The first-order chi connectivity index (χ1) is 4.24. The average molecular weight is 128 g/mol. The van der Waals surface area contributed by atoms with Crippen molar-refractivity contribution in [2.45, 2.75) is 32.4 Å². The molecule has 1 heterocycles. The molecule has 1 aliphatic rings. The molecule has 2 nitrogen and oxygen atoms in total. The lowest BCUT2D eigenvalue weighted by Crippen LogP contribution is -2.33. The van der Waals surface area contributed by atoms with Crippen LogP contribution in [-0.2, 0) is 0 Å². The van der Waals surface area contributed by atoms with Crippen LogP contribution in [0, 0.1) is 5.92 Å². The Morgan fingerprint density at radius 2 is 2.22 bits per heavy atom. The second-order valence-corrected chi connectivity index (χ2v) is 3.10. The Hall–Kier alpha value is -0.0800. The van der Waals surface area contributed by atoms with Crippen molar-refractivity contribution in [2.24, 2.45) is 11.7 Å². The Kier molecular flexibility index (Phi) is 2.09. The van der Waals surface area contributed by atoms with E-state index in [1.165, 1.54) is 6.42 Å². The van der Waals surface area contributed by atoms with Crippen LogP contribution < -0.4 is 11.1 Å². The molecule has 2 heteroatoms. The van der Waals surface area contributed by atoms with Crippen molar-refractivity contribution in [2.75, 3.05) is 6.54 Å². The first-order valence-corrected chi connectivity index (χ1v) is 3.70. The number of hydrogen-bond donors (Lipinski definition) is 2. The summed E-state index contributed by atoms with van der Waals surface area (Å²) in [5, 5.41) is 3.43. The molecule has 3 atom stereocenters. The molecule has 0 radical (unpaired) electrons. The molecule has 0 aromatic heterocycles. The summed E-state index contributed by atoms with van der Waals surface area (Å²) in [5.74, 6) is 0.804. The maximum Gasteiger partial charge on any atom is 0.0195 e. The summed E-state index contributed by atoms with van der Waals surface area (Å²) in [6.07, 6.45) is 1.25. The molecule has 3 N–H and O–H groups in total. The van der Waals surface area contributed by atoms with E-state index in [0.29, 0.717) is 12.1 Å². The molecule has 1 saturated heterocycles. The van der Waals surface area contributed by atoms with Crippen molar-refractivity contribution in [1.82, 2.24) is 5.32 Å². The fourth-order valence-electron chi connectivity index (χ4n) is 1.42. The van der Waals surface area contributed by atoms with E-state index < -0.39 is 0 Å². The molecular weight excluding hydrogens is 112 g/mol. The Bertz CT molecular complexity index is 82.9. The highest BCUT2D eigenvalue weighted by atomic mass is 15.0. The number of rotatable bonds is 1. The monoisotopic (exact) mass is 128 g/mol. The Balaban J connectivity index is 2.35. The molecule has 0 aromatic rings. The highest BCUT2D eigenvalue weighted by Crippen LogP contribution is 2.18. The van der Waals surface area contributed by atoms with Gasteiger partial charge in [0.1, 0.15) is 0 Å². The second kappa shape index (κ2) is 2.67. The first-order valence-electron chi connectivity index (χ1n) is 3.70. The zero-order valence-electron chi connectivity index (χ0n) is 6.22. The molecule has 1 fully saturated rings. The predicted octanol–water partition coefficient (Wildman–Crippen LogP) is 0.332. The van der Waals surface area contributed by atoms with Gasteiger partial charge in [-0.15, -0.1) is 0 Å². The van der Waals surface area contributed by atoms with Crippen molar-refractivity contribution in [3.05, 3.63) is 0 Å². The van der Waals surface area contributed by atoms with Crippen LogP contribution in [0.1, 0.15) is 20.3 Å².